The van der Waals surface area contributed by atoms with E-state index in [-0.39, 0.29) is 11.4 Å². The molecular weight excluding hydrogens is 160 g/mol. The Morgan fingerprint density at radius 3 is 2.75 bits per heavy atom. The molecule has 0 aliphatic rings. The third-order valence-corrected chi connectivity index (χ3v) is 1.38. The molecule has 5 nitrogen and oxygen atoms in total. The summed E-state index contributed by atoms with van der Waals surface area (Å²) in [6.07, 6.45) is 2.60. The van der Waals surface area contributed by atoms with Crippen molar-refractivity contribution in [2.75, 3.05) is 0 Å². The van der Waals surface area contributed by atoms with Crippen molar-refractivity contribution in [1.29, 1.82) is 0 Å². The Kier molecular flexibility index (Phi) is 2.14. The second-order valence-electron chi connectivity index (χ2n) is 2.22. The Balaban J connectivity index is 3.20. The normalized spacial score (nSPS) is 9.42. The number of rotatable bonds is 2. The van der Waals surface area contributed by atoms with Gasteiger partial charge in [-0.15, -0.1) is 0 Å². The second kappa shape index (κ2) is 3.08. The van der Waals surface area contributed by atoms with Gasteiger partial charge in [-0.3, -0.25) is 14.9 Å². The number of aromatic nitrogens is 1. The van der Waals surface area contributed by atoms with Crippen molar-refractivity contribution in [3.05, 3.63) is 33.6 Å². The van der Waals surface area contributed by atoms with Crippen LogP contribution in [0.15, 0.2) is 12.3 Å². The molecular formula is C7H5N2O3. The number of hydrogen-bond acceptors (Lipinski definition) is 4. The molecule has 1 aromatic rings. The summed E-state index contributed by atoms with van der Waals surface area (Å²) in [7, 11) is 0. The lowest BCUT2D eigenvalue weighted by Gasteiger charge is -1.94. The van der Waals surface area contributed by atoms with Crippen molar-refractivity contribution in [3.8, 4) is 0 Å². The average Bonchev–Trinajstić information content (AvgIpc) is 2.03. The Morgan fingerprint density at radius 1 is 1.67 bits per heavy atom. The maximum Gasteiger partial charge on any atom is 0.290 e. The molecule has 1 radical (unpaired) electrons. The Labute approximate surface area is 68.2 Å². The number of carbonyl (C=O) groups excluding carboxylic acids is 1. The van der Waals surface area contributed by atoms with Gasteiger partial charge in [-0.05, 0) is 13.0 Å². The molecule has 1 heterocycles. The van der Waals surface area contributed by atoms with Gasteiger partial charge >= 0.3 is 0 Å². The molecule has 0 fully saturated rings. The summed E-state index contributed by atoms with van der Waals surface area (Å²) in [6.45, 7) is 1.54. The average molecular weight is 165 g/mol. The fourth-order valence-corrected chi connectivity index (χ4v) is 0.796. The highest BCUT2D eigenvalue weighted by molar-refractivity contribution is 5.73. The number of nitrogens with zero attached hydrogens (tertiary/aromatic N) is 2. The first-order valence-electron chi connectivity index (χ1n) is 3.14. The largest absolute Gasteiger partial charge is 0.290 e. The zero-order valence-corrected chi connectivity index (χ0v) is 6.27. The minimum Gasteiger partial charge on any atom is -0.283 e. The molecule has 1 aromatic heterocycles. The highest BCUT2D eigenvalue weighted by atomic mass is 16.6. The van der Waals surface area contributed by atoms with Crippen LogP contribution in [0.25, 0.3) is 0 Å². The molecule has 0 N–H and O–H groups in total. The van der Waals surface area contributed by atoms with Crippen LogP contribution in [0.5, 0.6) is 0 Å². The van der Waals surface area contributed by atoms with E-state index in [4.69, 9.17) is 0 Å². The van der Waals surface area contributed by atoms with E-state index < -0.39 is 4.92 Å². The fourth-order valence-electron chi connectivity index (χ4n) is 0.796. The second-order valence-corrected chi connectivity index (χ2v) is 2.22. The first-order valence-corrected chi connectivity index (χ1v) is 3.14. The molecule has 0 saturated heterocycles. The van der Waals surface area contributed by atoms with Crippen molar-refractivity contribution >= 4 is 12.0 Å². The zero-order chi connectivity index (χ0) is 9.14. The quantitative estimate of drug-likeness (QED) is 0.479. The van der Waals surface area contributed by atoms with Crippen LogP contribution in [0.1, 0.15) is 11.3 Å². The molecule has 61 valence electrons. The first-order chi connectivity index (χ1) is 5.65. The molecule has 0 aliphatic heterocycles. The van der Waals surface area contributed by atoms with E-state index in [0.29, 0.717) is 5.56 Å². The summed E-state index contributed by atoms with van der Waals surface area (Å²) in [4.78, 5) is 23.3. The van der Waals surface area contributed by atoms with Crippen molar-refractivity contribution in [2.45, 2.75) is 6.92 Å². The van der Waals surface area contributed by atoms with E-state index in [2.05, 4.69) is 4.98 Å². The lowest BCUT2D eigenvalue weighted by molar-refractivity contribution is -0.385. The smallest absolute Gasteiger partial charge is 0.283 e. The molecule has 1 rings (SSSR count). The van der Waals surface area contributed by atoms with E-state index >= 15 is 0 Å². The van der Waals surface area contributed by atoms with Gasteiger partial charge in [-0.25, -0.2) is 4.98 Å². The van der Waals surface area contributed by atoms with Gasteiger partial charge < -0.3 is 0 Å². The van der Waals surface area contributed by atoms with Crippen LogP contribution in [0.4, 0.5) is 5.69 Å². The van der Waals surface area contributed by atoms with Gasteiger partial charge in [-0.1, -0.05) is 0 Å². The van der Waals surface area contributed by atoms with E-state index in [9.17, 15) is 14.9 Å². The lowest BCUT2D eigenvalue weighted by Crippen LogP contribution is -1.95. The van der Waals surface area contributed by atoms with Crippen molar-refractivity contribution in [3.63, 3.8) is 0 Å². The highest BCUT2D eigenvalue weighted by Crippen LogP contribution is 2.15. The third-order valence-electron chi connectivity index (χ3n) is 1.38. The fraction of sp³-hybridized carbons (Fsp3) is 0.143. The van der Waals surface area contributed by atoms with Gasteiger partial charge in [0.25, 0.3) is 12.0 Å². The highest BCUT2D eigenvalue weighted by Gasteiger charge is 2.10. The molecule has 5 heteroatoms. The number of pyridine rings is 1. The van der Waals surface area contributed by atoms with Gasteiger partial charge in [0, 0.05) is 5.56 Å². The van der Waals surface area contributed by atoms with Crippen LogP contribution in [0.3, 0.4) is 0 Å². The van der Waals surface area contributed by atoms with Gasteiger partial charge in [0.15, 0.2) is 0 Å². The topological polar surface area (TPSA) is 73.1 Å². The molecule has 0 atom stereocenters. The standard InChI is InChI=1S/C7H5N2O3/c1-5-2-6(4-10)8-3-7(5)9(11)12/h2-3H,1H3. The summed E-state index contributed by atoms with van der Waals surface area (Å²) >= 11 is 0. The number of aryl methyl sites for hydroxylation is 1. The molecule has 0 unspecified atom stereocenters. The Morgan fingerprint density at radius 2 is 2.33 bits per heavy atom. The van der Waals surface area contributed by atoms with Crippen LogP contribution >= 0.6 is 0 Å². The first kappa shape index (κ1) is 8.32. The van der Waals surface area contributed by atoms with Gasteiger partial charge in [0.05, 0.1) is 4.92 Å². The monoisotopic (exact) mass is 165 g/mol. The molecule has 12 heavy (non-hydrogen) atoms. The van der Waals surface area contributed by atoms with E-state index in [1.54, 1.807) is 13.2 Å². The van der Waals surface area contributed by atoms with E-state index in [1.165, 1.54) is 6.07 Å². The summed E-state index contributed by atoms with van der Waals surface area (Å²) in [6, 6.07) is 1.32. The molecule has 0 aromatic carbocycles. The van der Waals surface area contributed by atoms with Crippen LogP contribution in [-0.2, 0) is 4.79 Å². The summed E-state index contributed by atoms with van der Waals surface area (Å²) < 4.78 is 0. The molecule has 0 spiro atoms. The predicted molar refractivity (Wildman–Crippen MR) is 40.4 cm³/mol. The van der Waals surface area contributed by atoms with Gasteiger partial charge in [-0.2, -0.15) is 0 Å². The molecule has 0 aliphatic carbocycles. The van der Waals surface area contributed by atoms with Crippen LogP contribution in [0.2, 0.25) is 0 Å². The maximum absolute atomic E-state index is 10.3. The summed E-state index contributed by atoms with van der Waals surface area (Å²) in [5.41, 5.74) is 0.403. The van der Waals surface area contributed by atoms with Gasteiger partial charge in [0.1, 0.15) is 11.9 Å². The number of nitro groups is 1. The van der Waals surface area contributed by atoms with E-state index in [1.807, 2.05) is 0 Å². The molecule has 0 saturated carbocycles. The minimum absolute atomic E-state index is 0.0816. The molecule has 0 amide bonds. The SMILES string of the molecule is Cc1cc([C]=O)ncc1[N+](=O)[O-]. The molecule has 0 bridgehead atoms. The van der Waals surface area contributed by atoms with Gasteiger partial charge in [0.2, 0.25) is 0 Å². The Hall–Kier alpha value is -1.78. The minimum atomic E-state index is -0.545. The third kappa shape index (κ3) is 1.45. The van der Waals surface area contributed by atoms with Crippen LogP contribution in [-0.4, -0.2) is 16.2 Å². The van der Waals surface area contributed by atoms with Crippen molar-refractivity contribution in [2.24, 2.45) is 0 Å². The predicted octanol–water partition coefficient (Wildman–Crippen LogP) is 0.756. The summed E-state index contributed by atoms with van der Waals surface area (Å²) in [5.74, 6) is 0. The maximum atomic E-state index is 10.3. The summed E-state index contributed by atoms with van der Waals surface area (Å²) in [5, 5.41) is 10.3. The lowest BCUT2D eigenvalue weighted by atomic mass is 10.2. The van der Waals surface area contributed by atoms with Crippen LogP contribution < -0.4 is 0 Å². The van der Waals surface area contributed by atoms with Crippen molar-refractivity contribution in [1.82, 2.24) is 4.98 Å². The Bertz CT molecular complexity index is 335. The van der Waals surface area contributed by atoms with E-state index in [0.717, 1.165) is 6.20 Å². The zero-order valence-electron chi connectivity index (χ0n) is 6.27. The number of hydrogen-bond donors (Lipinski definition) is 0. The van der Waals surface area contributed by atoms with Crippen molar-refractivity contribution < 1.29 is 9.72 Å². The van der Waals surface area contributed by atoms with Crippen LogP contribution in [0, 0.1) is 17.0 Å².